The summed E-state index contributed by atoms with van der Waals surface area (Å²) in [7, 11) is 1.44. The number of hydrogen-bond donors (Lipinski definition) is 1. The molecule has 138 valence electrons. The SMILES string of the molecule is CCN(CC)Cc1ccc([N+](=O)[O-])c(NC(=O)c2cnccc2OC)c1. The molecule has 0 aliphatic heterocycles. The second kappa shape index (κ2) is 8.91. The second-order valence-corrected chi connectivity index (χ2v) is 5.60. The number of carbonyl (C=O) groups excluding carboxylic acids is 1. The van der Waals surface area contributed by atoms with Crippen LogP contribution in [0.2, 0.25) is 0 Å². The molecule has 0 bridgehead atoms. The van der Waals surface area contributed by atoms with Crippen molar-refractivity contribution >= 4 is 17.3 Å². The fraction of sp³-hybridized carbons (Fsp3) is 0.333. The number of nitro benzene ring substituents is 1. The topological polar surface area (TPSA) is 97.6 Å². The lowest BCUT2D eigenvalue weighted by Gasteiger charge is -2.18. The number of aromatic nitrogens is 1. The Kier molecular flexibility index (Phi) is 6.62. The number of nitrogens with one attached hydrogen (secondary N) is 1. The van der Waals surface area contributed by atoms with Crippen LogP contribution in [0.4, 0.5) is 11.4 Å². The van der Waals surface area contributed by atoms with Crippen LogP contribution in [0.1, 0.15) is 29.8 Å². The van der Waals surface area contributed by atoms with Crippen molar-refractivity contribution in [1.29, 1.82) is 0 Å². The first-order chi connectivity index (χ1) is 12.5. The molecule has 1 aromatic carbocycles. The Morgan fingerprint density at radius 2 is 2.04 bits per heavy atom. The number of benzene rings is 1. The molecule has 0 saturated carbocycles. The highest BCUT2D eigenvalue weighted by atomic mass is 16.6. The van der Waals surface area contributed by atoms with E-state index in [0.717, 1.165) is 18.7 Å². The molecule has 1 amide bonds. The highest BCUT2D eigenvalue weighted by Gasteiger charge is 2.20. The van der Waals surface area contributed by atoms with Crippen molar-refractivity contribution in [2.24, 2.45) is 0 Å². The van der Waals surface area contributed by atoms with Gasteiger partial charge >= 0.3 is 0 Å². The van der Waals surface area contributed by atoms with Crippen LogP contribution in [0, 0.1) is 10.1 Å². The van der Waals surface area contributed by atoms with Gasteiger partial charge in [-0.1, -0.05) is 19.9 Å². The van der Waals surface area contributed by atoms with Crippen molar-refractivity contribution in [2.45, 2.75) is 20.4 Å². The fourth-order valence-corrected chi connectivity index (χ4v) is 2.57. The average Bonchev–Trinajstić information content (AvgIpc) is 2.65. The molecule has 0 radical (unpaired) electrons. The molecule has 1 aromatic heterocycles. The van der Waals surface area contributed by atoms with E-state index in [4.69, 9.17) is 4.74 Å². The molecule has 2 rings (SSSR count). The lowest BCUT2D eigenvalue weighted by molar-refractivity contribution is -0.383. The van der Waals surface area contributed by atoms with E-state index in [9.17, 15) is 14.9 Å². The van der Waals surface area contributed by atoms with Gasteiger partial charge in [0, 0.05) is 25.0 Å². The molecule has 0 saturated heterocycles. The van der Waals surface area contributed by atoms with Crippen molar-refractivity contribution < 1.29 is 14.5 Å². The summed E-state index contributed by atoms with van der Waals surface area (Å²) in [5.41, 5.74) is 1.08. The second-order valence-electron chi connectivity index (χ2n) is 5.60. The van der Waals surface area contributed by atoms with Crippen molar-refractivity contribution in [3.63, 3.8) is 0 Å². The molecule has 0 unspecified atom stereocenters. The number of rotatable bonds is 8. The molecule has 1 N–H and O–H groups in total. The third-order valence-electron chi connectivity index (χ3n) is 4.05. The summed E-state index contributed by atoms with van der Waals surface area (Å²) < 4.78 is 5.15. The molecule has 0 aliphatic rings. The molecule has 8 nitrogen and oxygen atoms in total. The van der Waals surface area contributed by atoms with Crippen LogP contribution in [0.3, 0.4) is 0 Å². The van der Waals surface area contributed by atoms with Crippen LogP contribution in [0.25, 0.3) is 0 Å². The van der Waals surface area contributed by atoms with E-state index in [2.05, 4.69) is 15.2 Å². The monoisotopic (exact) mass is 358 g/mol. The molecule has 0 spiro atoms. The Labute approximate surface area is 152 Å². The van der Waals surface area contributed by atoms with Crippen LogP contribution in [-0.2, 0) is 6.54 Å². The van der Waals surface area contributed by atoms with Gasteiger partial charge in [0.2, 0.25) is 0 Å². The number of hydrogen-bond acceptors (Lipinski definition) is 6. The zero-order valence-electron chi connectivity index (χ0n) is 15.1. The van der Waals surface area contributed by atoms with E-state index in [1.807, 2.05) is 13.8 Å². The van der Waals surface area contributed by atoms with Gasteiger partial charge < -0.3 is 10.1 Å². The van der Waals surface area contributed by atoms with E-state index in [0.29, 0.717) is 12.3 Å². The molecule has 26 heavy (non-hydrogen) atoms. The Hall–Kier alpha value is -3.00. The summed E-state index contributed by atoms with van der Waals surface area (Å²) in [6.07, 6.45) is 2.86. The highest BCUT2D eigenvalue weighted by Crippen LogP contribution is 2.27. The normalized spacial score (nSPS) is 10.6. The van der Waals surface area contributed by atoms with Gasteiger partial charge in [-0.05, 0) is 30.8 Å². The van der Waals surface area contributed by atoms with Crippen molar-refractivity contribution in [3.8, 4) is 5.75 Å². The van der Waals surface area contributed by atoms with E-state index >= 15 is 0 Å². The Morgan fingerprint density at radius 1 is 1.31 bits per heavy atom. The van der Waals surface area contributed by atoms with E-state index in [-0.39, 0.29) is 16.9 Å². The van der Waals surface area contributed by atoms with Crippen molar-refractivity contribution in [1.82, 2.24) is 9.88 Å². The van der Waals surface area contributed by atoms with E-state index < -0.39 is 10.8 Å². The Morgan fingerprint density at radius 3 is 2.65 bits per heavy atom. The minimum atomic E-state index is -0.517. The van der Waals surface area contributed by atoms with Crippen LogP contribution >= 0.6 is 0 Å². The van der Waals surface area contributed by atoms with Crippen LogP contribution < -0.4 is 10.1 Å². The summed E-state index contributed by atoms with van der Waals surface area (Å²) >= 11 is 0. The number of methoxy groups -OCH3 is 1. The lowest BCUT2D eigenvalue weighted by atomic mass is 10.1. The van der Waals surface area contributed by atoms with Crippen LogP contribution in [0.5, 0.6) is 5.75 Å². The van der Waals surface area contributed by atoms with E-state index in [1.54, 1.807) is 18.2 Å². The number of nitrogens with zero attached hydrogens (tertiary/aromatic N) is 3. The number of carbonyl (C=O) groups is 1. The fourth-order valence-electron chi connectivity index (χ4n) is 2.57. The highest BCUT2D eigenvalue weighted by molar-refractivity contribution is 6.07. The number of anilines is 1. The van der Waals surface area contributed by atoms with Crippen molar-refractivity contribution in [3.05, 3.63) is 57.9 Å². The maximum absolute atomic E-state index is 12.6. The standard InChI is InChI=1S/C18H22N4O4/c1-4-21(5-2)12-13-6-7-16(22(24)25)15(10-13)20-18(23)14-11-19-9-8-17(14)26-3/h6-11H,4-5,12H2,1-3H3,(H,20,23). The van der Waals surface area contributed by atoms with Crippen LogP contribution in [0.15, 0.2) is 36.7 Å². The minimum absolute atomic E-state index is 0.149. The third kappa shape index (κ3) is 4.54. The summed E-state index contributed by atoms with van der Waals surface area (Å²) in [5, 5.41) is 13.9. The Bertz CT molecular complexity index is 791. The average molecular weight is 358 g/mol. The molecule has 2 aromatic rings. The van der Waals surface area contributed by atoms with Gasteiger partial charge in [0.15, 0.2) is 0 Å². The molecule has 0 aliphatic carbocycles. The predicted octanol–water partition coefficient (Wildman–Crippen LogP) is 3.09. The first kappa shape index (κ1) is 19.3. The van der Waals surface area contributed by atoms with Gasteiger partial charge in [0.25, 0.3) is 11.6 Å². The zero-order chi connectivity index (χ0) is 19.1. The minimum Gasteiger partial charge on any atom is -0.496 e. The number of pyridine rings is 1. The maximum atomic E-state index is 12.6. The van der Waals surface area contributed by atoms with Gasteiger partial charge in [0.05, 0.1) is 17.6 Å². The third-order valence-corrected chi connectivity index (χ3v) is 4.05. The summed E-state index contributed by atoms with van der Waals surface area (Å²) in [6.45, 7) is 6.46. The quantitative estimate of drug-likeness (QED) is 0.575. The van der Waals surface area contributed by atoms with Gasteiger partial charge in [0.1, 0.15) is 11.4 Å². The van der Waals surface area contributed by atoms with Crippen LogP contribution in [-0.4, -0.2) is 40.9 Å². The zero-order valence-corrected chi connectivity index (χ0v) is 15.1. The maximum Gasteiger partial charge on any atom is 0.292 e. The summed E-state index contributed by atoms with van der Waals surface area (Å²) in [5.74, 6) is -0.169. The van der Waals surface area contributed by atoms with Gasteiger partial charge in [-0.2, -0.15) is 0 Å². The first-order valence-corrected chi connectivity index (χ1v) is 8.29. The predicted molar refractivity (Wildman–Crippen MR) is 98.5 cm³/mol. The van der Waals surface area contributed by atoms with Crippen molar-refractivity contribution in [2.75, 3.05) is 25.5 Å². The van der Waals surface area contributed by atoms with Gasteiger partial charge in [-0.3, -0.25) is 24.8 Å². The molecule has 0 fully saturated rings. The number of nitro groups is 1. The molecular weight excluding hydrogens is 336 g/mol. The van der Waals surface area contributed by atoms with Gasteiger partial charge in [-0.15, -0.1) is 0 Å². The molecule has 8 heteroatoms. The largest absolute Gasteiger partial charge is 0.496 e. The molecule has 0 atom stereocenters. The Balaban J connectivity index is 2.33. The lowest BCUT2D eigenvalue weighted by Crippen LogP contribution is -2.22. The first-order valence-electron chi connectivity index (χ1n) is 8.29. The molecular formula is C18H22N4O4. The molecule has 1 heterocycles. The smallest absolute Gasteiger partial charge is 0.292 e. The summed E-state index contributed by atoms with van der Waals surface area (Å²) in [6, 6.07) is 6.31. The van der Waals surface area contributed by atoms with E-state index in [1.165, 1.54) is 25.6 Å². The number of ether oxygens (including phenoxy) is 1. The van der Waals surface area contributed by atoms with Gasteiger partial charge in [-0.25, -0.2) is 0 Å². The number of amides is 1. The summed E-state index contributed by atoms with van der Waals surface area (Å²) in [4.78, 5) is 29.4.